The number of halogens is 2. The van der Waals surface area contributed by atoms with Crippen molar-refractivity contribution in [1.29, 1.82) is 0 Å². The van der Waals surface area contributed by atoms with Gasteiger partial charge in [0.1, 0.15) is 11.6 Å². The van der Waals surface area contributed by atoms with E-state index in [-0.39, 0.29) is 34.5 Å². The van der Waals surface area contributed by atoms with Crippen molar-refractivity contribution in [1.82, 2.24) is 5.32 Å². The van der Waals surface area contributed by atoms with Crippen molar-refractivity contribution in [2.45, 2.75) is 11.4 Å². The van der Waals surface area contributed by atoms with Gasteiger partial charge in [0.15, 0.2) is 6.61 Å². The van der Waals surface area contributed by atoms with Gasteiger partial charge in [-0.15, -0.1) is 11.8 Å². The lowest BCUT2D eigenvalue weighted by Crippen LogP contribution is -2.24. The van der Waals surface area contributed by atoms with Crippen molar-refractivity contribution >= 4 is 46.8 Å². The molecule has 2 amide bonds. The standard InChI is InChI=1S/C22H18ClFN2O5S/c23-17-10-14(24)7-8-18(17)26-20(27)12-31-22(29)16-5-1-2-6-19(16)32-13-21(28)25-11-15-4-3-9-30-15/h1-10H,11-13H2,(H,25,28)(H,26,27). The number of nitrogens with one attached hydrogen (secondary N) is 2. The molecular formula is C22H18ClFN2O5S. The molecule has 3 rings (SSSR count). The van der Waals surface area contributed by atoms with Gasteiger partial charge in [0.2, 0.25) is 5.91 Å². The number of thioether (sulfide) groups is 1. The molecule has 0 unspecified atom stereocenters. The van der Waals surface area contributed by atoms with Crippen LogP contribution in [0.2, 0.25) is 5.02 Å². The Labute approximate surface area is 192 Å². The van der Waals surface area contributed by atoms with Crippen molar-refractivity contribution in [3.05, 3.63) is 83.0 Å². The van der Waals surface area contributed by atoms with Crippen molar-refractivity contribution in [3.63, 3.8) is 0 Å². The predicted octanol–water partition coefficient (Wildman–Crippen LogP) is 4.28. The molecule has 0 spiro atoms. The van der Waals surface area contributed by atoms with Gasteiger partial charge in [-0.2, -0.15) is 0 Å². The number of esters is 1. The molecule has 1 heterocycles. The maximum Gasteiger partial charge on any atom is 0.339 e. The van der Waals surface area contributed by atoms with Gasteiger partial charge >= 0.3 is 5.97 Å². The summed E-state index contributed by atoms with van der Waals surface area (Å²) in [6.07, 6.45) is 1.52. The molecule has 0 bridgehead atoms. The van der Waals surface area contributed by atoms with Crippen LogP contribution in [-0.4, -0.2) is 30.1 Å². The first kappa shape index (κ1) is 23.4. The second-order valence-electron chi connectivity index (χ2n) is 6.39. The minimum atomic E-state index is -0.718. The molecule has 0 radical (unpaired) electrons. The maximum absolute atomic E-state index is 13.1. The summed E-state index contributed by atoms with van der Waals surface area (Å²) in [7, 11) is 0. The summed E-state index contributed by atoms with van der Waals surface area (Å²) >= 11 is 7.03. The Morgan fingerprint density at radius 2 is 1.88 bits per heavy atom. The van der Waals surface area contributed by atoms with Gasteiger partial charge in [0.05, 0.1) is 34.8 Å². The SMILES string of the molecule is O=C(CSc1ccccc1C(=O)OCC(=O)Nc1ccc(F)cc1Cl)NCc1ccco1. The lowest BCUT2D eigenvalue weighted by molar-refractivity contribution is -0.119. The summed E-state index contributed by atoms with van der Waals surface area (Å²) < 4.78 is 23.3. The fourth-order valence-corrected chi connectivity index (χ4v) is 3.63. The molecule has 0 saturated carbocycles. The average Bonchev–Trinajstić information content (AvgIpc) is 3.30. The molecule has 1 aromatic heterocycles. The highest BCUT2D eigenvalue weighted by Gasteiger charge is 2.16. The highest BCUT2D eigenvalue weighted by molar-refractivity contribution is 8.00. The van der Waals surface area contributed by atoms with Crippen LogP contribution in [0.15, 0.2) is 70.2 Å². The lowest BCUT2D eigenvalue weighted by Gasteiger charge is -2.10. The first-order valence-corrected chi connectivity index (χ1v) is 10.7. The monoisotopic (exact) mass is 476 g/mol. The number of anilines is 1. The summed E-state index contributed by atoms with van der Waals surface area (Å²) in [4.78, 5) is 37.1. The van der Waals surface area contributed by atoms with Gasteiger partial charge in [-0.3, -0.25) is 9.59 Å². The van der Waals surface area contributed by atoms with Gasteiger partial charge in [-0.05, 0) is 42.5 Å². The molecule has 2 N–H and O–H groups in total. The number of hydrogen-bond acceptors (Lipinski definition) is 6. The Kier molecular flexibility index (Phi) is 8.29. The second-order valence-corrected chi connectivity index (χ2v) is 7.81. The summed E-state index contributed by atoms with van der Waals surface area (Å²) in [6.45, 7) is -0.293. The van der Waals surface area contributed by atoms with Gasteiger partial charge in [0.25, 0.3) is 5.91 Å². The van der Waals surface area contributed by atoms with Crippen LogP contribution in [0.3, 0.4) is 0 Å². The van der Waals surface area contributed by atoms with Crippen molar-refractivity contribution in [2.75, 3.05) is 17.7 Å². The molecule has 0 atom stereocenters. The van der Waals surface area contributed by atoms with E-state index >= 15 is 0 Å². The zero-order chi connectivity index (χ0) is 22.9. The highest BCUT2D eigenvalue weighted by atomic mass is 35.5. The van der Waals surface area contributed by atoms with E-state index in [1.54, 1.807) is 36.4 Å². The topological polar surface area (TPSA) is 97.6 Å². The summed E-state index contributed by atoms with van der Waals surface area (Å²) in [6, 6.07) is 13.6. The molecule has 2 aromatic carbocycles. The predicted molar refractivity (Wildman–Crippen MR) is 118 cm³/mol. The third kappa shape index (κ3) is 6.86. The quantitative estimate of drug-likeness (QED) is 0.353. The van der Waals surface area contributed by atoms with Crippen LogP contribution in [0.4, 0.5) is 10.1 Å². The van der Waals surface area contributed by atoms with Gasteiger partial charge in [0, 0.05) is 4.90 Å². The van der Waals surface area contributed by atoms with E-state index in [4.69, 9.17) is 20.8 Å². The number of ether oxygens (including phenoxy) is 1. The third-order valence-corrected chi connectivity index (χ3v) is 5.43. The Balaban J connectivity index is 1.50. The Bertz CT molecular complexity index is 1110. The molecule has 10 heteroatoms. The number of amides is 2. The minimum Gasteiger partial charge on any atom is -0.467 e. The van der Waals surface area contributed by atoms with Crippen molar-refractivity contribution < 1.29 is 27.9 Å². The van der Waals surface area contributed by atoms with Crippen LogP contribution in [0, 0.1) is 5.82 Å². The largest absolute Gasteiger partial charge is 0.467 e. The zero-order valence-electron chi connectivity index (χ0n) is 16.6. The first-order chi connectivity index (χ1) is 15.4. The van der Waals surface area contributed by atoms with E-state index in [9.17, 15) is 18.8 Å². The summed E-state index contributed by atoms with van der Waals surface area (Å²) in [5, 5.41) is 5.19. The van der Waals surface area contributed by atoms with E-state index < -0.39 is 24.3 Å². The van der Waals surface area contributed by atoms with Crippen molar-refractivity contribution in [2.24, 2.45) is 0 Å². The van der Waals surface area contributed by atoms with E-state index in [1.807, 2.05) is 0 Å². The lowest BCUT2D eigenvalue weighted by atomic mass is 10.2. The number of rotatable bonds is 9. The number of carbonyl (C=O) groups is 3. The normalized spacial score (nSPS) is 10.4. The smallest absolute Gasteiger partial charge is 0.339 e. The molecule has 0 saturated heterocycles. The molecule has 0 fully saturated rings. The van der Waals surface area contributed by atoms with Crippen molar-refractivity contribution in [3.8, 4) is 0 Å². The first-order valence-electron chi connectivity index (χ1n) is 9.35. The van der Waals surface area contributed by atoms with Crippen LogP contribution in [0.1, 0.15) is 16.1 Å². The Morgan fingerprint density at radius 3 is 2.62 bits per heavy atom. The Hall–Kier alpha value is -3.30. The summed E-state index contributed by atoms with van der Waals surface area (Å²) in [5.41, 5.74) is 0.426. The fourth-order valence-electron chi connectivity index (χ4n) is 2.54. The minimum absolute atomic E-state index is 0.0248. The maximum atomic E-state index is 13.1. The third-order valence-electron chi connectivity index (χ3n) is 4.05. The molecule has 0 aliphatic carbocycles. The molecule has 7 nitrogen and oxygen atoms in total. The van der Waals surface area contributed by atoms with E-state index in [0.29, 0.717) is 10.7 Å². The van der Waals surface area contributed by atoms with Crippen LogP contribution in [0.25, 0.3) is 0 Å². The highest BCUT2D eigenvalue weighted by Crippen LogP contribution is 2.24. The van der Waals surface area contributed by atoms with Crippen LogP contribution in [0.5, 0.6) is 0 Å². The van der Waals surface area contributed by atoms with E-state index in [0.717, 1.165) is 23.9 Å². The number of hydrogen-bond donors (Lipinski definition) is 2. The van der Waals surface area contributed by atoms with E-state index in [1.165, 1.54) is 12.3 Å². The molecule has 166 valence electrons. The molecule has 0 aliphatic heterocycles. The zero-order valence-corrected chi connectivity index (χ0v) is 18.2. The second kappa shape index (κ2) is 11.4. The van der Waals surface area contributed by atoms with Crippen LogP contribution in [-0.2, 0) is 20.9 Å². The van der Waals surface area contributed by atoms with Gasteiger partial charge in [-0.1, -0.05) is 23.7 Å². The molecule has 3 aromatic rings. The van der Waals surface area contributed by atoms with E-state index in [2.05, 4.69) is 10.6 Å². The van der Waals surface area contributed by atoms with Crippen LogP contribution < -0.4 is 10.6 Å². The van der Waals surface area contributed by atoms with Gasteiger partial charge < -0.3 is 19.8 Å². The number of furan rings is 1. The molecule has 0 aliphatic rings. The average molecular weight is 477 g/mol. The van der Waals surface area contributed by atoms with Crippen LogP contribution >= 0.6 is 23.4 Å². The molecule has 32 heavy (non-hydrogen) atoms. The van der Waals surface area contributed by atoms with Gasteiger partial charge in [-0.25, -0.2) is 9.18 Å². The number of benzene rings is 2. The molecular weight excluding hydrogens is 459 g/mol. The summed E-state index contributed by atoms with van der Waals surface area (Å²) in [5.74, 6) is -1.41. The Morgan fingerprint density at radius 1 is 1.06 bits per heavy atom. The number of carbonyl (C=O) groups excluding carboxylic acids is 3. The fraction of sp³-hybridized carbons (Fsp3) is 0.136.